The maximum atomic E-state index is 15.3. The van der Waals surface area contributed by atoms with E-state index in [1.54, 1.807) is 18.2 Å². The van der Waals surface area contributed by atoms with Gasteiger partial charge < -0.3 is 5.11 Å². The molecular weight excluding hydrogens is 759 g/mol. The smallest absolute Gasteiger partial charge is 0.417 e. The average Bonchev–Trinajstić information content (AvgIpc) is 3.78. The van der Waals surface area contributed by atoms with Crippen molar-refractivity contribution in [2.24, 2.45) is 23.7 Å². The molecule has 16 heteroatoms. The number of benzene rings is 2. The number of imide groups is 2. The first-order valence-electron chi connectivity index (χ1n) is 16.4. The number of phenolic OH excluding ortho intramolecular Hbond substituents is 1. The lowest BCUT2D eigenvalue weighted by Crippen LogP contribution is -2.53. The van der Waals surface area contributed by atoms with E-state index < -0.39 is 86.9 Å². The molecule has 9 nitrogen and oxygen atoms in total. The number of anilines is 1. The number of likely N-dealkylation sites (tertiary alicyclic amines) is 1. The minimum absolute atomic E-state index is 0.0745. The Morgan fingerprint density at radius 2 is 1.74 bits per heavy atom. The van der Waals surface area contributed by atoms with E-state index in [4.69, 9.17) is 23.2 Å². The fraction of sp³-hybridized carbons (Fsp3) is 0.270. The van der Waals surface area contributed by atoms with Crippen LogP contribution in [0.15, 0.2) is 83.9 Å². The predicted molar refractivity (Wildman–Crippen MR) is 185 cm³/mol. The number of nitrogens with one attached hydrogen (secondary N) is 1. The van der Waals surface area contributed by atoms with Gasteiger partial charge in [0.05, 0.1) is 40.3 Å². The van der Waals surface area contributed by atoms with Gasteiger partial charge >= 0.3 is 6.18 Å². The minimum atomic E-state index is -4.77. The van der Waals surface area contributed by atoms with Gasteiger partial charge in [-0.05, 0) is 71.7 Å². The van der Waals surface area contributed by atoms with Gasteiger partial charge in [-0.25, -0.2) is 9.37 Å². The van der Waals surface area contributed by atoms with Crippen molar-refractivity contribution in [3.8, 4) is 5.75 Å². The molecule has 0 radical (unpaired) electrons. The van der Waals surface area contributed by atoms with Gasteiger partial charge in [-0.2, -0.15) is 18.2 Å². The van der Waals surface area contributed by atoms with Crippen LogP contribution in [0.25, 0.3) is 0 Å². The monoisotopic (exact) mass is 784 g/mol. The number of fused-ring (bicyclic) bond motifs is 4. The maximum Gasteiger partial charge on any atom is 0.417 e. The second-order valence-corrected chi connectivity index (χ2v) is 15.3. The van der Waals surface area contributed by atoms with Gasteiger partial charge in [0, 0.05) is 22.0 Å². The van der Waals surface area contributed by atoms with Gasteiger partial charge in [0.1, 0.15) is 0 Å². The Morgan fingerprint density at radius 1 is 0.981 bits per heavy atom. The van der Waals surface area contributed by atoms with Crippen LogP contribution in [0.2, 0.25) is 10.0 Å². The van der Waals surface area contributed by atoms with E-state index in [-0.39, 0.29) is 30.9 Å². The highest BCUT2D eigenvalue weighted by atomic mass is 35.5. The molecule has 3 fully saturated rings. The molecule has 2 N–H and O–H groups in total. The third kappa shape index (κ3) is 5.44. The number of aromatic hydroxyl groups is 1. The number of rotatable bonds is 6. The number of halogens is 6. The lowest BCUT2D eigenvalue weighted by Gasteiger charge is -2.50. The quantitative estimate of drug-likeness (QED) is 0.118. The summed E-state index contributed by atoms with van der Waals surface area (Å²) < 4.78 is 55.5. The second-order valence-electron chi connectivity index (χ2n) is 13.5. The van der Waals surface area contributed by atoms with Gasteiger partial charge in [-0.3, -0.25) is 29.5 Å². The van der Waals surface area contributed by atoms with E-state index in [1.807, 2.05) is 17.5 Å². The number of phenols is 1. The van der Waals surface area contributed by atoms with Crippen molar-refractivity contribution < 1.29 is 41.8 Å². The molecule has 53 heavy (non-hydrogen) atoms. The molecule has 4 aromatic rings. The highest BCUT2D eigenvalue weighted by Crippen LogP contribution is 2.64. The Bertz CT molecular complexity index is 2230. The fourth-order valence-electron chi connectivity index (χ4n) is 8.64. The molecule has 2 aromatic heterocycles. The Morgan fingerprint density at radius 3 is 2.40 bits per heavy atom. The number of carbonyl (C=O) groups excluding carboxylic acids is 4. The van der Waals surface area contributed by atoms with Crippen LogP contribution < -0.4 is 5.43 Å². The molecule has 4 heterocycles. The summed E-state index contributed by atoms with van der Waals surface area (Å²) in [4.78, 5) is 63.7. The van der Waals surface area contributed by atoms with Gasteiger partial charge in [0.25, 0.3) is 11.8 Å². The number of thiophene rings is 1. The van der Waals surface area contributed by atoms with E-state index >= 15 is 9.18 Å². The number of nitrogens with zero attached hydrogens (tertiary/aromatic N) is 3. The Labute approximate surface area is 312 Å². The van der Waals surface area contributed by atoms with Crippen molar-refractivity contribution in [2.45, 2.75) is 36.9 Å². The number of amides is 4. The summed E-state index contributed by atoms with van der Waals surface area (Å²) in [5.41, 5.74) is 0.619. The van der Waals surface area contributed by atoms with Gasteiger partial charge in [0.2, 0.25) is 11.8 Å². The first-order valence-corrected chi connectivity index (χ1v) is 18.0. The number of carbonyl (C=O) groups is 4. The molecule has 6 atom stereocenters. The summed E-state index contributed by atoms with van der Waals surface area (Å²) in [6, 6.07) is 14.0. The number of hydrogen-bond donors (Lipinski definition) is 2. The number of alkyl halides is 3. The summed E-state index contributed by atoms with van der Waals surface area (Å²) in [6.45, 7) is 0.0745. The molecule has 4 amide bonds. The third-order valence-electron chi connectivity index (χ3n) is 10.8. The van der Waals surface area contributed by atoms with Crippen molar-refractivity contribution in [2.75, 3.05) is 5.43 Å². The molecular formula is C37H26Cl2F4N4O5S. The van der Waals surface area contributed by atoms with Gasteiger partial charge in [0.15, 0.2) is 17.4 Å². The van der Waals surface area contributed by atoms with Crippen LogP contribution >= 0.6 is 34.5 Å². The second kappa shape index (κ2) is 12.7. The molecule has 8 rings (SSSR count). The third-order valence-corrected chi connectivity index (χ3v) is 12.2. The van der Waals surface area contributed by atoms with Crippen LogP contribution in [-0.2, 0) is 37.3 Å². The van der Waals surface area contributed by atoms with Crippen molar-refractivity contribution >= 4 is 64.0 Å². The zero-order valence-electron chi connectivity index (χ0n) is 27.1. The summed E-state index contributed by atoms with van der Waals surface area (Å²) in [5.74, 6) is -9.27. The fourth-order valence-corrected chi connectivity index (χ4v) is 9.67. The Balaban J connectivity index is 1.30. The van der Waals surface area contributed by atoms with Gasteiger partial charge in [-0.1, -0.05) is 59.1 Å². The SMILES string of the molecule is O=C1[C@H]2[C@H](CC=C3[C@H]2C[C@H]2C(=O)N(Nc4ncc(C(F)(F)F)cc4Cl)C(=O)[C@@]2(c2ccc(Cl)cc2)[C@H]3c2ccc(O)c(F)c2)C(=O)N1Cc1cccs1. The van der Waals surface area contributed by atoms with Crippen LogP contribution in [0, 0.1) is 29.5 Å². The van der Waals surface area contributed by atoms with E-state index in [2.05, 4.69) is 10.4 Å². The highest BCUT2D eigenvalue weighted by Gasteiger charge is 2.70. The van der Waals surface area contributed by atoms with E-state index in [9.17, 15) is 32.7 Å². The molecule has 0 spiro atoms. The standard InChI is InChI=1S/C37H26Cl2F4N4O5S/c38-20-6-4-18(5-7-20)36-25(33(50)47(35(36)52)45-31-26(39)13-19(15-44-31)37(41,42)43)14-24-22(30(36)17-3-10-28(48)27(40)12-17)8-9-23-29(24)34(51)46(32(23)49)16-21-2-1-11-53-21/h1-8,10-13,15,23-25,29-30,48H,9,14,16H2,(H,44,45)/t23-,24+,25-,29-,30-,36+/m0/s1. The number of pyridine rings is 1. The number of allylic oxidation sites excluding steroid dienone is 2. The first-order chi connectivity index (χ1) is 25.2. The Hall–Kier alpha value is -4.79. The topological polar surface area (TPSA) is 120 Å². The van der Waals surface area contributed by atoms with Crippen molar-refractivity contribution in [3.63, 3.8) is 0 Å². The molecule has 0 bridgehead atoms. The summed E-state index contributed by atoms with van der Waals surface area (Å²) >= 11 is 13.9. The zero-order valence-corrected chi connectivity index (χ0v) is 29.4. The molecule has 2 aliphatic carbocycles. The van der Waals surface area contributed by atoms with Crippen molar-refractivity contribution in [1.29, 1.82) is 0 Å². The highest BCUT2D eigenvalue weighted by molar-refractivity contribution is 7.09. The molecule has 272 valence electrons. The van der Waals surface area contributed by atoms with Crippen LogP contribution in [0.5, 0.6) is 5.75 Å². The average molecular weight is 786 g/mol. The predicted octanol–water partition coefficient (Wildman–Crippen LogP) is 7.50. The van der Waals surface area contributed by atoms with Crippen LogP contribution in [0.1, 0.15) is 40.3 Å². The van der Waals surface area contributed by atoms with Crippen LogP contribution in [0.4, 0.5) is 23.4 Å². The summed E-state index contributed by atoms with van der Waals surface area (Å²) in [5, 5.41) is 12.5. The van der Waals surface area contributed by atoms with Gasteiger partial charge in [-0.15, -0.1) is 11.3 Å². The molecule has 1 saturated carbocycles. The maximum absolute atomic E-state index is 15.3. The molecule has 2 saturated heterocycles. The summed E-state index contributed by atoms with van der Waals surface area (Å²) in [6.07, 6.45) is -2.43. The zero-order chi connectivity index (χ0) is 37.6. The van der Waals surface area contributed by atoms with Crippen molar-refractivity contribution in [1.82, 2.24) is 14.9 Å². The number of aromatic nitrogens is 1. The van der Waals surface area contributed by atoms with Crippen LogP contribution in [0.3, 0.4) is 0 Å². The normalized spacial score (nSPS) is 26.8. The summed E-state index contributed by atoms with van der Waals surface area (Å²) in [7, 11) is 0. The minimum Gasteiger partial charge on any atom is -0.505 e. The van der Waals surface area contributed by atoms with Crippen molar-refractivity contribution in [3.05, 3.63) is 121 Å². The number of hydrogen-bond acceptors (Lipinski definition) is 8. The molecule has 4 aliphatic rings. The lowest BCUT2D eigenvalue weighted by molar-refractivity contribution is -0.142. The lowest BCUT2D eigenvalue weighted by atomic mass is 9.49. The molecule has 0 unspecified atom stereocenters. The Kier molecular flexibility index (Phi) is 8.43. The first kappa shape index (κ1) is 35.3. The molecule has 2 aliphatic heterocycles. The number of hydrazine groups is 1. The largest absolute Gasteiger partial charge is 0.505 e. The van der Waals surface area contributed by atoms with Crippen LogP contribution in [-0.4, -0.2) is 43.6 Å². The van der Waals surface area contributed by atoms with E-state index in [0.29, 0.717) is 33.4 Å². The van der Waals surface area contributed by atoms with E-state index in [1.165, 1.54) is 34.4 Å². The molecule has 2 aromatic carbocycles. The van der Waals surface area contributed by atoms with E-state index in [0.717, 1.165) is 17.0 Å².